The molecule has 4 amide bonds. The minimum absolute atomic E-state index is 0.0647. The molecule has 0 unspecified atom stereocenters. The van der Waals surface area contributed by atoms with Crippen LogP contribution in [0.15, 0.2) is 78.5 Å². The number of nitrogens with one attached hydrogen (secondary N) is 1. The van der Waals surface area contributed by atoms with E-state index >= 15 is 0 Å². The van der Waals surface area contributed by atoms with Gasteiger partial charge in [0.2, 0.25) is 6.79 Å². The molecule has 3 aromatic carbocycles. The second-order valence-corrected chi connectivity index (χ2v) is 8.71. The number of hydrogen-bond acceptors (Lipinski definition) is 5. The summed E-state index contributed by atoms with van der Waals surface area (Å²) in [4.78, 5) is 39.7. The van der Waals surface area contributed by atoms with Crippen molar-refractivity contribution >= 4 is 40.5 Å². The maximum absolute atomic E-state index is 13.4. The van der Waals surface area contributed by atoms with E-state index in [1.165, 1.54) is 11.6 Å². The van der Waals surface area contributed by atoms with Crippen molar-refractivity contribution in [2.45, 2.75) is 13.5 Å². The number of nitrogens with zero attached hydrogens (tertiary/aromatic N) is 2. The van der Waals surface area contributed by atoms with Crippen LogP contribution in [0.4, 0.5) is 10.5 Å². The van der Waals surface area contributed by atoms with Crippen molar-refractivity contribution in [3.63, 3.8) is 0 Å². The number of amides is 4. The fourth-order valence-corrected chi connectivity index (χ4v) is 4.48. The lowest BCUT2D eigenvalue weighted by molar-refractivity contribution is -0.122. The number of carbonyl (C=O) groups is 3. The molecule has 2 aliphatic heterocycles. The van der Waals surface area contributed by atoms with Crippen LogP contribution in [0.2, 0.25) is 0 Å². The van der Waals surface area contributed by atoms with Crippen LogP contribution >= 0.6 is 0 Å². The molecule has 178 valence electrons. The second kappa shape index (κ2) is 8.42. The van der Waals surface area contributed by atoms with Gasteiger partial charge in [-0.15, -0.1) is 0 Å². The summed E-state index contributed by atoms with van der Waals surface area (Å²) in [6.45, 7) is 2.74. The third kappa shape index (κ3) is 3.69. The third-order valence-corrected chi connectivity index (χ3v) is 6.31. The van der Waals surface area contributed by atoms with Crippen molar-refractivity contribution < 1.29 is 23.9 Å². The average Bonchev–Trinajstić information content (AvgIpc) is 3.47. The first-order valence-corrected chi connectivity index (χ1v) is 11.4. The molecule has 8 heteroatoms. The molecule has 8 nitrogen and oxygen atoms in total. The predicted molar refractivity (Wildman–Crippen MR) is 134 cm³/mol. The van der Waals surface area contributed by atoms with Crippen molar-refractivity contribution in [2.75, 3.05) is 11.7 Å². The number of rotatable bonds is 4. The Bertz CT molecular complexity index is 1580. The van der Waals surface area contributed by atoms with Gasteiger partial charge in [-0.25, -0.2) is 9.69 Å². The minimum Gasteiger partial charge on any atom is -0.454 e. The Balaban J connectivity index is 1.39. The van der Waals surface area contributed by atoms with Crippen LogP contribution < -0.4 is 19.7 Å². The number of carbonyl (C=O) groups excluding carboxylic acids is 3. The summed E-state index contributed by atoms with van der Waals surface area (Å²) in [7, 11) is 0. The number of fused-ring (bicyclic) bond motifs is 2. The lowest BCUT2D eigenvalue weighted by Gasteiger charge is -2.26. The number of anilines is 1. The monoisotopic (exact) mass is 479 g/mol. The molecule has 0 atom stereocenters. The molecule has 0 radical (unpaired) electrons. The molecule has 4 aromatic rings. The van der Waals surface area contributed by atoms with Crippen LogP contribution in [0.3, 0.4) is 0 Å². The first-order valence-electron chi connectivity index (χ1n) is 11.4. The first-order chi connectivity index (χ1) is 17.5. The van der Waals surface area contributed by atoms with E-state index in [4.69, 9.17) is 9.47 Å². The fraction of sp³-hybridized carbons (Fsp3) is 0.107. The molecule has 1 fully saturated rings. The summed E-state index contributed by atoms with van der Waals surface area (Å²) in [6.07, 6.45) is 3.46. The van der Waals surface area contributed by atoms with E-state index in [1.54, 1.807) is 18.2 Å². The van der Waals surface area contributed by atoms with E-state index in [0.29, 0.717) is 23.6 Å². The number of hydrogen-bond donors (Lipinski definition) is 1. The lowest BCUT2D eigenvalue weighted by atomic mass is 10.1. The van der Waals surface area contributed by atoms with Crippen LogP contribution in [-0.2, 0) is 16.1 Å². The van der Waals surface area contributed by atoms with Crippen LogP contribution in [0.5, 0.6) is 11.5 Å². The second-order valence-electron chi connectivity index (χ2n) is 8.71. The molecule has 0 saturated carbocycles. The predicted octanol–water partition coefficient (Wildman–Crippen LogP) is 4.39. The minimum atomic E-state index is -0.817. The Morgan fingerprint density at radius 3 is 2.56 bits per heavy atom. The van der Waals surface area contributed by atoms with Gasteiger partial charge >= 0.3 is 6.03 Å². The molecule has 0 aliphatic carbocycles. The highest BCUT2D eigenvalue weighted by molar-refractivity contribution is 6.39. The molecule has 3 heterocycles. The highest BCUT2D eigenvalue weighted by Gasteiger charge is 2.37. The van der Waals surface area contributed by atoms with Gasteiger partial charge < -0.3 is 14.0 Å². The standard InChI is InChI=1S/C28H21N3O5/c1-17-6-8-18(9-7-17)14-30-15-19(21-4-2-3-5-23(21)30)12-22-26(32)29-28(34)31(27(22)33)20-10-11-24-25(13-20)36-16-35-24/h2-13,15H,14,16H2,1H3,(H,29,32,34)/b22-12+. The van der Waals surface area contributed by atoms with Gasteiger partial charge in [0, 0.05) is 35.3 Å². The quantitative estimate of drug-likeness (QED) is 0.346. The molecular formula is C28H21N3O5. The zero-order chi connectivity index (χ0) is 24.8. The number of benzene rings is 3. The van der Waals surface area contributed by atoms with Gasteiger partial charge in [0.25, 0.3) is 11.8 Å². The molecule has 6 rings (SSSR count). The zero-order valence-corrected chi connectivity index (χ0v) is 19.4. The van der Waals surface area contributed by atoms with Gasteiger partial charge in [-0.3, -0.25) is 14.9 Å². The molecule has 0 spiro atoms. The molecule has 1 saturated heterocycles. The molecule has 0 bridgehead atoms. The van der Waals surface area contributed by atoms with Crippen LogP contribution in [0.25, 0.3) is 17.0 Å². The van der Waals surface area contributed by atoms with Crippen LogP contribution in [0, 0.1) is 6.92 Å². The number of barbiturate groups is 1. The Kier molecular flexibility index (Phi) is 5.07. The lowest BCUT2D eigenvalue weighted by Crippen LogP contribution is -2.54. The Morgan fingerprint density at radius 1 is 0.944 bits per heavy atom. The van der Waals surface area contributed by atoms with E-state index in [-0.39, 0.29) is 18.1 Å². The maximum atomic E-state index is 13.4. The molecule has 36 heavy (non-hydrogen) atoms. The van der Waals surface area contributed by atoms with E-state index in [1.807, 2.05) is 37.4 Å². The van der Waals surface area contributed by atoms with Crippen LogP contribution in [0.1, 0.15) is 16.7 Å². The zero-order valence-electron chi connectivity index (χ0n) is 19.4. The topological polar surface area (TPSA) is 89.9 Å². The largest absolute Gasteiger partial charge is 0.454 e. The number of urea groups is 1. The molecule has 1 aromatic heterocycles. The van der Waals surface area contributed by atoms with E-state index in [0.717, 1.165) is 21.4 Å². The van der Waals surface area contributed by atoms with E-state index in [9.17, 15) is 14.4 Å². The van der Waals surface area contributed by atoms with Crippen molar-refractivity contribution in [1.29, 1.82) is 0 Å². The number of aryl methyl sites for hydroxylation is 1. The number of ether oxygens (including phenoxy) is 2. The number of para-hydroxylation sites is 1. The summed E-state index contributed by atoms with van der Waals surface area (Å²) in [6, 6.07) is 20.0. The molecular weight excluding hydrogens is 458 g/mol. The first kappa shape index (κ1) is 21.7. The third-order valence-electron chi connectivity index (χ3n) is 6.31. The number of imide groups is 2. The Labute approximate surface area is 206 Å². The average molecular weight is 479 g/mol. The summed E-state index contributed by atoms with van der Waals surface area (Å²) in [5, 5.41) is 3.17. The van der Waals surface area contributed by atoms with Crippen molar-refractivity contribution in [3.8, 4) is 11.5 Å². The van der Waals surface area contributed by atoms with Gasteiger partial charge in [0.1, 0.15) is 5.57 Å². The Hall–Kier alpha value is -4.85. The van der Waals surface area contributed by atoms with E-state index < -0.39 is 17.8 Å². The van der Waals surface area contributed by atoms with Crippen molar-refractivity contribution in [1.82, 2.24) is 9.88 Å². The van der Waals surface area contributed by atoms with Gasteiger partial charge in [-0.2, -0.15) is 0 Å². The van der Waals surface area contributed by atoms with Crippen molar-refractivity contribution in [3.05, 3.63) is 95.2 Å². The summed E-state index contributed by atoms with van der Waals surface area (Å²) in [5.41, 5.74) is 4.14. The van der Waals surface area contributed by atoms with Gasteiger partial charge in [0.05, 0.1) is 5.69 Å². The summed E-state index contributed by atoms with van der Waals surface area (Å²) in [5.74, 6) is -0.498. The summed E-state index contributed by atoms with van der Waals surface area (Å²) < 4.78 is 12.8. The van der Waals surface area contributed by atoms with Crippen LogP contribution in [-0.4, -0.2) is 29.2 Å². The molecule has 1 N–H and O–H groups in total. The maximum Gasteiger partial charge on any atom is 0.335 e. The fourth-order valence-electron chi connectivity index (χ4n) is 4.48. The normalized spacial score (nSPS) is 16.2. The number of aromatic nitrogens is 1. The van der Waals surface area contributed by atoms with Gasteiger partial charge in [-0.05, 0) is 36.8 Å². The SMILES string of the molecule is Cc1ccc(Cn2cc(/C=C3\C(=O)NC(=O)N(c4ccc5c(c4)OCO5)C3=O)c3ccccc32)cc1. The van der Waals surface area contributed by atoms with Gasteiger partial charge in [0.15, 0.2) is 11.5 Å². The van der Waals surface area contributed by atoms with Gasteiger partial charge in [-0.1, -0.05) is 48.0 Å². The smallest absolute Gasteiger partial charge is 0.335 e. The summed E-state index contributed by atoms with van der Waals surface area (Å²) >= 11 is 0. The Morgan fingerprint density at radius 2 is 1.72 bits per heavy atom. The highest BCUT2D eigenvalue weighted by Crippen LogP contribution is 2.36. The van der Waals surface area contributed by atoms with E-state index in [2.05, 4.69) is 34.1 Å². The van der Waals surface area contributed by atoms with Crippen molar-refractivity contribution in [2.24, 2.45) is 0 Å². The molecule has 2 aliphatic rings. The highest BCUT2D eigenvalue weighted by atomic mass is 16.7.